The van der Waals surface area contributed by atoms with Gasteiger partial charge in [0.15, 0.2) is 0 Å². The minimum absolute atomic E-state index is 0.0829. The van der Waals surface area contributed by atoms with Gasteiger partial charge < -0.3 is 10.2 Å². The third kappa shape index (κ3) is 5.06. The van der Waals surface area contributed by atoms with E-state index in [0.29, 0.717) is 12.1 Å². The fourth-order valence-corrected chi connectivity index (χ4v) is 3.31. The van der Waals surface area contributed by atoms with Gasteiger partial charge in [-0.25, -0.2) is 13.1 Å². The first-order valence-corrected chi connectivity index (χ1v) is 9.92. The minimum atomic E-state index is -3.57. The molecule has 2 aromatic carbocycles. The van der Waals surface area contributed by atoms with Gasteiger partial charge in [0, 0.05) is 31.4 Å². The predicted molar refractivity (Wildman–Crippen MR) is 104 cm³/mol. The lowest BCUT2D eigenvalue weighted by molar-refractivity contribution is 0.0952. The standard InChI is InChI=1S/C19H25N3O3S/c1-15-10-11-17(26(24,25)20-2)14-18(15)19(23)21-12-7-13-22(3)16-8-5-4-6-9-16/h4-6,8-11,14,20H,7,12-13H2,1-3H3,(H,21,23). The number of sulfonamides is 1. The number of hydrogen-bond acceptors (Lipinski definition) is 4. The van der Waals surface area contributed by atoms with Crippen molar-refractivity contribution in [1.82, 2.24) is 10.0 Å². The van der Waals surface area contributed by atoms with Crippen molar-refractivity contribution >= 4 is 21.6 Å². The van der Waals surface area contributed by atoms with Gasteiger partial charge in [0.2, 0.25) is 10.0 Å². The zero-order chi connectivity index (χ0) is 19.2. The summed E-state index contributed by atoms with van der Waals surface area (Å²) in [6, 6.07) is 14.6. The lowest BCUT2D eigenvalue weighted by atomic mass is 10.1. The van der Waals surface area contributed by atoms with Crippen molar-refractivity contribution in [2.45, 2.75) is 18.2 Å². The van der Waals surface area contributed by atoms with Gasteiger partial charge in [-0.2, -0.15) is 0 Å². The molecular weight excluding hydrogens is 350 g/mol. The number of carbonyl (C=O) groups excluding carboxylic acids is 1. The molecule has 1 amide bonds. The molecule has 0 aromatic heterocycles. The van der Waals surface area contributed by atoms with E-state index in [9.17, 15) is 13.2 Å². The SMILES string of the molecule is CNS(=O)(=O)c1ccc(C)c(C(=O)NCCCN(C)c2ccccc2)c1. The Morgan fingerprint density at radius 2 is 1.81 bits per heavy atom. The quantitative estimate of drug-likeness (QED) is 0.693. The van der Waals surface area contributed by atoms with Crippen LogP contribution in [0.3, 0.4) is 0 Å². The predicted octanol–water partition coefficient (Wildman–Crippen LogP) is 2.16. The van der Waals surface area contributed by atoms with E-state index in [1.54, 1.807) is 13.0 Å². The average Bonchev–Trinajstić information content (AvgIpc) is 2.65. The molecule has 0 aliphatic rings. The van der Waals surface area contributed by atoms with Crippen LogP contribution in [0.1, 0.15) is 22.3 Å². The molecule has 0 unspecified atom stereocenters. The minimum Gasteiger partial charge on any atom is -0.375 e. The largest absolute Gasteiger partial charge is 0.375 e. The van der Waals surface area contributed by atoms with Crippen molar-refractivity contribution in [2.24, 2.45) is 0 Å². The first kappa shape index (κ1) is 19.9. The van der Waals surface area contributed by atoms with Crippen LogP contribution in [0.5, 0.6) is 0 Å². The molecule has 0 aliphatic carbocycles. The molecule has 0 saturated heterocycles. The van der Waals surface area contributed by atoms with Crippen LogP contribution in [0.25, 0.3) is 0 Å². The number of nitrogens with one attached hydrogen (secondary N) is 2. The Bertz CT molecular complexity index is 852. The molecule has 26 heavy (non-hydrogen) atoms. The topological polar surface area (TPSA) is 78.5 Å². The summed E-state index contributed by atoms with van der Waals surface area (Å²) in [5.41, 5.74) is 2.23. The van der Waals surface area contributed by atoms with Crippen molar-refractivity contribution in [2.75, 3.05) is 32.1 Å². The molecular formula is C19H25N3O3S. The van der Waals surface area contributed by atoms with Gasteiger partial charge in [0.25, 0.3) is 5.91 Å². The number of carbonyl (C=O) groups is 1. The van der Waals surface area contributed by atoms with E-state index in [4.69, 9.17) is 0 Å². The second kappa shape index (κ2) is 8.82. The summed E-state index contributed by atoms with van der Waals surface area (Å²) in [6.45, 7) is 3.10. The third-order valence-electron chi connectivity index (χ3n) is 4.19. The third-order valence-corrected chi connectivity index (χ3v) is 5.60. The average molecular weight is 375 g/mol. The molecule has 0 spiro atoms. The van der Waals surface area contributed by atoms with E-state index in [2.05, 4.69) is 14.9 Å². The summed E-state index contributed by atoms with van der Waals surface area (Å²) in [5.74, 6) is -0.266. The van der Waals surface area contributed by atoms with E-state index in [0.717, 1.165) is 24.2 Å². The molecule has 2 N–H and O–H groups in total. The van der Waals surface area contributed by atoms with Crippen molar-refractivity contribution in [3.8, 4) is 0 Å². The van der Waals surface area contributed by atoms with Crippen LogP contribution >= 0.6 is 0 Å². The van der Waals surface area contributed by atoms with Gasteiger partial charge >= 0.3 is 0 Å². The monoisotopic (exact) mass is 375 g/mol. The number of nitrogens with zero attached hydrogens (tertiary/aromatic N) is 1. The fourth-order valence-electron chi connectivity index (χ4n) is 2.56. The highest BCUT2D eigenvalue weighted by Crippen LogP contribution is 2.15. The maximum atomic E-state index is 12.4. The maximum Gasteiger partial charge on any atom is 0.251 e. The lowest BCUT2D eigenvalue weighted by Crippen LogP contribution is -2.29. The Kier molecular flexibility index (Phi) is 6.76. The first-order chi connectivity index (χ1) is 12.3. The van der Waals surface area contributed by atoms with E-state index >= 15 is 0 Å². The number of amides is 1. The van der Waals surface area contributed by atoms with Gasteiger partial charge in [-0.3, -0.25) is 4.79 Å². The van der Waals surface area contributed by atoms with Gasteiger partial charge in [-0.15, -0.1) is 0 Å². The molecule has 0 bridgehead atoms. The van der Waals surface area contributed by atoms with Gasteiger partial charge in [0.05, 0.1) is 4.90 Å². The van der Waals surface area contributed by atoms with Crippen LogP contribution < -0.4 is 14.9 Å². The van der Waals surface area contributed by atoms with Crippen LogP contribution in [0, 0.1) is 6.92 Å². The Morgan fingerprint density at radius 1 is 1.12 bits per heavy atom. The van der Waals surface area contributed by atoms with Gasteiger partial charge in [0.1, 0.15) is 0 Å². The molecule has 6 nitrogen and oxygen atoms in total. The molecule has 0 radical (unpaired) electrons. The normalized spacial score (nSPS) is 11.2. The number of benzene rings is 2. The number of hydrogen-bond donors (Lipinski definition) is 2. The lowest BCUT2D eigenvalue weighted by Gasteiger charge is -2.19. The highest BCUT2D eigenvalue weighted by Gasteiger charge is 2.16. The maximum absolute atomic E-state index is 12.4. The van der Waals surface area contributed by atoms with Gasteiger partial charge in [-0.1, -0.05) is 24.3 Å². The Hall–Kier alpha value is -2.38. The van der Waals surface area contributed by atoms with E-state index in [-0.39, 0.29) is 10.8 Å². The molecule has 0 atom stereocenters. The zero-order valence-electron chi connectivity index (χ0n) is 15.3. The second-order valence-electron chi connectivity index (χ2n) is 6.05. The number of rotatable bonds is 8. The number of para-hydroxylation sites is 1. The number of anilines is 1. The summed E-state index contributed by atoms with van der Waals surface area (Å²) in [4.78, 5) is 14.6. The van der Waals surface area contributed by atoms with E-state index in [1.807, 2.05) is 37.4 Å². The molecule has 7 heteroatoms. The van der Waals surface area contributed by atoms with Crippen LogP contribution in [-0.2, 0) is 10.0 Å². The summed E-state index contributed by atoms with van der Waals surface area (Å²) >= 11 is 0. The van der Waals surface area contributed by atoms with Crippen LogP contribution in [-0.4, -0.2) is 41.5 Å². The first-order valence-electron chi connectivity index (χ1n) is 8.44. The Labute approximate surface area is 155 Å². The van der Waals surface area contributed by atoms with E-state index < -0.39 is 10.0 Å². The Morgan fingerprint density at radius 3 is 2.46 bits per heavy atom. The molecule has 0 heterocycles. The molecule has 2 aromatic rings. The van der Waals surface area contributed by atoms with Crippen molar-refractivity contribution in [1.29, 1.82) is 0 Å². The summed E-state index contributed by atoms with van der Waals surface area (Å²) in [5, 5.41) is 2.86. The second-order valence-corrected chi connectivity index (χ2v) is 7.94. The fraction of sp³-hybridized carbons (Fsp3) is 0.316. The molecule has 0 saturated carbocycles. The van der Waals surface area contributed by atoms with Crippen LogP contribution in [0.15, 0.2) is 53.4 Å². The van der Waals surface area contributed by atoms with Crippen molar-refractivity contribution in [3.05, 3.63) is 59.7 Å². The molecule has 0 fully saturated rings. The summed E-state index contributed by atoms with van der Waals surface area (Å²) in [6.07, 6.45) is 0.782. The summed E-state index contributed by atoms with van der Waals surface area (Å²) in [7, 11) is -0.222. The van der Waals surface area contributed by atoms with Crippen LogP contribution in [0.2, 0.25) is 0 Å². The van der Waals surface area contributed by atoms with Crippen molar-refractivity contribution < 1.29 is 13.2 Å². The molecule has 0 aliphatic heterocycles. The summed E-state index contributed by atoms with van der Waals surface area (Å²) < 4.78 is 26.1. The van der Waals surface area contributed by atoms with Crippen molar-refractivity contribution in [3.63, 3.8) is 0 Å². The van der Waals surface area contributed by atoms with Crippen LogP contribution in [0.4, 0.5) is 5.69 Å². The highest BCUT2D eigenvalue weighted by atomic mass is 32.2. The van der Waals surface area contributed by atoms with Gasteiger partial charge in [-0.05, 0) is 50.2 Å². The number of aryl methyl sites for hydroxylation is 1. The smallest absolute Gasteiger partial charge is 0.251 e. The molecule has 2 rings (SSSR count). The van der Waals surface area contributed by atoms with E-state index in [1.165, 1.54) is 19.2 Å². The zero-order valence-corrected chi connectivity index (χ0v) is 16.1. The highest BCUT2D eigenvalue weighted by molar-refractivity contribution is 7.89. The molecule has 140 valence electrons. The Balaban J connectivity index is 1.93.